The number of carbonyl (C=O) groups is 1. The monoisotopic (exact) mass is 432 g/mol. The molecule has 5 nitrogen and oxygen atoms in total. The van der Waals surface area contributed by atoms with Crippen LogP contribution in [-0.4, -0.2) is 40.4 Å². The smallest absolute Gasteiger partial charge is 0.252 e. The molecular weight excluding hydrogens is 403 g/mol. The molecule has 3 aromatic rings. The van der Waals surface area contributed by atoms with Gasteiger partial charge < -0.3 is 5.32 Å². The maximum absolute atomic E-state index is 13.0. The van der Waals surface area contributed by atoms with Crippen molar-refractivity contribution in [3.05, 3.63) is 95.3 Å². The van der Waals surface area contributed by atoms with Gasteiger partial charge in [0.25, 0.3) is 5.91 Å². The molecule has 0 radical (unpaired) electrons. The summed E-state index contributed by atoms with van der Waals surface area (Å²) in [7, 11) is 0. The van der Waals surface area contributed by atoms with Crippen LogP contribution in [0.4, 0.5) is 4.39 Å². The Bertz CT molecular complexity index is 993. The summed E-state index contributed by atoms with van der Waals surface area (Å²) in [5.41, 5.74) is 3.78. The van der Waals surface area contributed by atoms with Crippen molar-refractivity contribution >= 4 is 5.91 Å². The van der Waals surface area contributed by atoms with Gasteiger partial charge in [-0.15, -0.1) is 0 Å². The van der Waals surface area contributed by atoms with Gasteiger partial charge in [0.15, 0.2) is 0 Å². The van der Waals surface area contributed by atoms with Gasteiger partial charge >= 0.3 is 0 Å². The molecule has 1 atom stereocenters. The molecule has 1 aliphatic rings. The van der Waals surface area contributed by atoms with Gasteiger partial charge in [0.2, 0.25) is 0 Å². The maximum Gasteiger partial charge on any atom is 0.252 e. The molecule has 1 aliphatic heterocycles. The van der Waals surface area contributed by atoms with Crippen LogP contribution < -0.4 is 5.32 Å². The summed E-state index contributed by atoms with van der Waals surface area (Å²) >= 11 is 0. The van der Waals surface area contributed by atoms with E-state index in [1.807, 2.05) is 30.5 Å². The molecule has 3 heterocycles. The van der Waals surface area contributed by atoms with Crippen molar-refractivity contribution in [3.63, 3.8) is 0 Å². The normalized spacial score (nSPS) is 16.6. The summed E-state index contributed by atoms with van der Waals surface area (Å²) in [6, 6.07) is 16.4. The van der Waals surface area contributed by atoms with Crippen LogP contribution >= 0.6 is 0 Å². The number of halogens is 1. The first kappa shape index (κ1) is 22.1. The Balaban J connectivity index is 1.24. The zero-order valence-electron chi connectivity index (χ0n) is 18.2. The number of hydrogen-bond donors (Lipinski definition) is 1. The van der Waals surface area contributed by atoms with Gasteiger partial charge in [-0.3, -0.25) is 19.7 Å². The van der Waals surface area contributed by atoms with E-state index in [1.54, 1.807) is 18.3 Å². The Morgan fingerprint density at radius 1 is 1.09 bits per heavy atom. The molecule has 1 amide bonds. The van der Waals surface area contributed by atoms with Gasteiger partial charge in [0.1, 0.15) is 5.82 Å². The lowest BCUT2D eigenvalue weighted by molar-refractivity contribution is 0.0952. The minimum Gasteiger partial charge on any atom is -0.352 e. The molecule has 1 unspecified atom stereocenters. The lowest BCUT2D eigenvalue weighted by atomic mass is 9.94. The molecule has 0 bridgehead atoms. The average molecular weight is 433 g/mol. The number of nitrogens with one attached hydrogen (secondary N) is 1. The van der Waals surface area contributed by atoms with Gasteiger partial charge in [-0.2, -0.15) is 0 Å². The highest BCUT2D eigenvalue weighted by Gasteiger charge is 2.23. The third-order valence-electron chi connectivity index (χ3n) is 5.93. The predicted molar refractivity (Wildman–Crippen MR) is 123 cm³/mol. The topological polar surface area (TPSA) is 58.1 Å². The number of aryl methyl sites for hydroxylation is 1. The summed E-state index contributed by atoms with van der Waals surface area (Å²) in [5.74, 6) is 0.0380. The Hall–Kier alpha value is -3.12. The highest BCUT2D eigenvalue weighted by atomic mass is 19.1. The van der Waals surface area contributed by atoms with E-state index in [4.69, 9.17) is 0 Å². The van der Waals surface area contributed by atoms with Gasteiger partial charge in [-0.25, -0.2) is 4.39 Å². The number of amides is 1. The fourth-order valence-corrected chi connectivity index (χ4v) is 4.19. The first-order valence-corrected chi connectivity index (χ1v) is 11.3. The van der Waals surface area contributed by atoms with Crippen LogP contribution in [0.3, 0.4) is 0 Å². The molecule has 32 heavy (non-hydrogen) atoms. The van der Waals surface area contributed by atoms with Crippen molar-refractivity contribution in [2.24, 2.45) is 0 Å². The van der Waals surface area contributed by atoms with Gasteiger partial charge in [0.05, 0.1) is 11.3 Å². The van der Waals surface area contributed by atoms with E-state index < -0.39 is 0 Å². The zero-order chi connectivity index (χ0) is 22.2. The van der Waals surface area contributed by atoms with Crippen LogP contribution in [0.5, 0.6) is 0 Å². The molecule has 0 aliphatic carbocycles. The van der Waals surface area contributed by atoms with E-state index in [2.05, 4.69) is 26.3 Å². The number of carbonyl (C=O) groups excluding carboxylic acids is 1. The molecule has 0 spiro atoms. The summed E-state index contributed by atoms with van der Waals surface area (Å²) in [5, 5.41) is 2.95. The SMILES string of the molecule is O=C(NCCCc1ccc(F)cc1)c1ccc(C2CCCN(Cc3ccccn3)C2)nc1. The van der Waals surface area contributed by atoms with Crippen LogP contribution in [0.25, 0.3) is 0 Å². The lowest BCUT2D eigenvalue weighted by Gasteiger charge is -2.32. The Labute approximate surface area is 188 Å². The number of aromatic nitrogens is 2. The lowest BCUT2D eigenvalue weighted by Crippen LogP contribution is -2.34. The minimum absolute atomic E-state index is 0.108. The first-order chi connectivity index (χ1) is 15.7. The maximum atomic E-state index is 13.0. The summed E-state index contributed by atoms with van der Waals surface area (Å²) < 4.78 is 13.0. The average Bonchev–Trinajstić information content (AvgIpc) is 2.84. The number of likely N-dealkylation sites (tertiary alicyclic amines) is 1. The van der Waals surface area contributed by atoms with E-state index in [1.165, 1.54) is 12.1 Å². The van der Waals surface area contributed by atoms with Crippen molar-refractivity contribution in [1.82, 2.24) is 20.2 Å². The molecule has 0 saturated carbocycles. The zero-order valence-corrected chi connectivity index (χ0v) is 18.2. The van der Waals surface area contributed by atoms with E-state index >= 15 is 0 Å². The number of nitrogens with zero attached hydrogens (tertiary/aromatic N) is 3. The minimum atomic E-state index is -0.230. The Kier molecular flexibility index (Phi) is 7.56. The van der Waals surface area contributed by atoms with E-state index in [9.17, 15) is 9.18 Å². The van der Waals surface area contributed by atoms with Crippen molar-refractivity contribution in [3.8, 4) is 0 Å². The fourth-order valence-electron chi connectivity index (χ4n) is 4.19. The first-order valence-electron chi connectivity index (χ1n) is 11.3. The van der Waals surface area contributed by atoms with Gasteiger partial charge in [-0.1, -0.05) is 18.2 Å². The molecule has 1 aromatic carbocycles. The van der Waals surface area contributed by atoms with Gasteiger partial charge in [0, 0.05) is 43.6 Å². The number of piperidine rings is 1. The highest BCUT2D eigenvalue weighted by Crippen LogP contribution is 2.26. The number of rotatable bonds is 8. The van der Waals surface area contributed by atoms with Crippen LogP contribution in [0.2, 0.25) is 0 Å². The fraction of sp³-hybridized carbons (Fsp3) is 0.346. The van der Waals surface area contributed by atoms with E-state index in [-0.39, 0.29) is 11.7 Å². The summed E-state index contributed by atoms with van der Waals surface area (Å²) in [6.07, 6.45) is 7.37. The quantitative estimate of drug-likeness (QED) is 0.538. The number of hydrogen-bond acceptors (Lipinski definition) is 4. The molecule has 166 valence electrons. The number of benzene rings is 1. The van der Waals surface area contributed by atoms with Crippen LogP contribution in [0.15, 0.2) is 67.0 Å². The Morgan fingerprint density at radius 2 is 1.97 bits per heavy atom. The molecule has 2 aromatic heterocycles. The second-order valence-electron chi connectivity index (χ2n) is 8.35. The Morgan fingerprint density at radius 3 is 2.72 bits per heavy atom. The predicted octanol–water partition coefficient (Wildman–Crippen LogP) is 4.36. The van der Waals surface area contributed by atoms with Crippen molar-refractivity contribution in [2.45, 2.75) is 38.1 Å². The summed E-state index contributed by atoms with van der Waals surface area (Å²) in [6.45, 7) is 3.46. The van der Waals surface area contributed by atoms with Crippen LogP contribution in [0.1, 0.15) is 52.5 Å². The molecule has 1 saturated heterocycles. The third-order valence-corrected chi connectivity index (χ3v) is 5.93. The largest absolute Gasteiger partial charge is 0.352 e. The van der Waals surface area contributed by atoms with Crippen molar-refractivity contribution in [1.29, 1.82) is 0 Å². The van der Waals surface area contributed by atoms with Crippen LogP contribution in [-0.2, 0) is 13.0 Å². The second-order valence-corrected chi connectivity index (χ2v) is 8.35. The molecule has 4 rings (SSSR count). The molecular formula is C26H29FN4O. The standard InChI is InChI=1S/C26H29FN4O/c27-23-11-8-20(9-12-23)5-3-15-29-26(32)21-10-13-25(30-17-21)22-6-4-16-31(18-22)19-24-7-1-2-14-28-24/h1-2,7-14,17,22H,3-6,15-16,18-19H2,(H,29,32). The molecule has 6 heteroatoms. The van der Waals surface area contributed by atoms with Crippen molar-refractivity contribution in [2.75, 3.05) is 19.6 Å². The van der Waals surface area contributed by atoms with Gasteiger partial charge in [-0.05, 0) is 74.2 Å². The summed E-state index contributed by atoms with van der Waals surface area (Å²) in [4.78, 5) is 23.9. The van der Waals surface area contributed by atoms with E-state index in [0.29, 0.717) is 18.0 Å². The van der Waals surface area contributed by atoms with Crippen molar-refractivity contribution < 1.29 is 9.18 Å². The van der Waals surface area contributed by atoms with Crippen LogP contribution in [0, 0.1) is 5.82 Å². The molecule has 1 N–H and O–H groups in total. The number of pyridine rings is 2. The second kappa shape index (κ2) is 11.0. The highest BCUT2D eigenvalue weighted by molar-refractivity contribution is 5.93. The van der Waals surface area contributed by atoms with E-state index in [0.717, 1.165) is 62.3 Å². The third kappa shape index (κ3) is 6.20. The molecule has 1 fully saturated rings.